The molecule has 0 aliphatic rings. The van der Waals surface area contributed by atoms with Crippen molar-refractivity contribution in [2.75, 3.05) is 19.7 Å². The molecule has 1 atom stereocenters. The van der Waals surface area contributed by atoms with Crippen molar-refractivity contribution in [3.63, 3.8) is 0 Å². The lowest BCUT2D eigenvalue weighted by molar-refractivity contribution is 0.0951. The topological polar surface area (TPSA) is 41.5 Å². The maximum absolute atomic E-state index is 11.8. The number of aliphatic hydroxyl groups is 1. The molecule has 0 aliphatic carbocycles. The van der Waals surface area contributed by atoms with Crippen LogP contribution >= 0.6 is 0 Å². The molecule has 18 heavy (non-hydrogen) atoms. The summed E-state index contributed by atoms with van der Waals surface area (Å²) in [7, 11) is 0. The molecule has 3 nitrogen and oxygen atoms in total. The van der Waals surface area contributed by atoms with Crippen LogP contribution in [0.5, 0.6) is 5.75 Å². The van der Waals surface area contributed by atoms with Gasteiger partial charge >= 0.3 is 0 Å². The van der Waals surface area contributed by atoms with Crippen molar-refractivity contribution in [3.05, 3.63) is 29.8 Å². The van der Waals surface area contributed by atoms with Crippen LogP contribution in [0.2, 0.25) is 0 Å². The minimum Gasteiger partial charge on any atom is -0.491 e. The number of hydrogen-bond acceptors (Lipinski definition) is 3. The van der Waals surface area contributed by atoms with Crippen molar-refractivity contribution in [1.29, 1.82) is 0 Å². The fourth-order valence-corrected chi connectivity index (χ4v) is 1.47. The summed E-state index contributed by atoms with van der Waals surface area (Å²) in [5.41, 5.74) is 1.15. The Hall–Kier alpha value is -1.20. The van der Waals surface area contributed by atoms with Gasteiger partial charge in [0.2, 0.25) is 0 Å². The van der Waals surface area contributed by atoms with Gasteiger partial charge in [0.25, 0.3) is 6.43 Å². The molecule has 0 saturated heterocycles. The van der Waals surface area contributed by atoms with Crippen LogP contribution in [-0.2, 0) is 6.42 Å². The van der Waals surface area contributed by atoms with E-state index in [2.05, 4.69) is 5.32 Å². The number of ether oxygens (including phenoxy) is 1. The van der Waals surface area contributed by atoms with Gasteiger partial charge in [-0.05, 0) is 24.1 Å². The Labute approximate surface area is 106 Å². The van der Waals surface area contributed by atoms with Gasteiger partial charge in [0.1, 0.15) is 18.5 Å². The summed E-state index contributed by atoms with van der Waals surface area (Å²) < 4.78 is 29.1. The molecule has 5 heteroatoms. The number of aryl methyl sites for hydroxylation is 1. The molecule has 1 aromatic rings. The third-order valence-corrected chi connectivity index (χ3v) is 2.43. The highest BCUT2D eigenvalue weighted by molar-refractivity contribution is 5.28. The molecule has 0 radical (unpaired) electrons. The fourth-order valence-electron chi connectivity index (χ4n) is 1.47. The molecular formula is C13H19F2NO2. The number of rotatable bonds is 8. The van der Waals surface area contributed by atoms with Crippen LogP contribution in [0, 0.1) is 0 Å². The summed E-state index contributed by atoms with van der Waals surface area (Å²) in [6, 6.07) is 7.58. The Bertz CT molecular complexity index is 348. The highest BCUT2D eigenvalue weighted by atomic mass is 19.3. The van der Waals surface area contributed by atoms with Crippen LogP contribution in [0.3, 0.4) is 0 Å². The van der Waals surface area contributed by atoms with E-state index in [0.29, 0.717) is 5.75 Å². The van der Waals surface area contributed by atoms with E-state index in [4.69, 9.17) is 4.74 Å². The molecule has 0 heterocycles. The van der Waals surface area contributed by atoms with Crippen LogP contribution in [-0.4, -0.2) is 37.3 Å². The van der Waals surface area contributed by atoms with E-state index in [0.717, 1.165) is 12.0 Å². The molecule has 1 aromatic carbocycles. The first-order valence-electron chi connectivity index (χ1n) is 6.00. The molecule has 0 saturated carbocycles. The average Bonchev–Trinajstić information content (AvgIpc) is 2.36. The minimum absolute atomic E-state index is 0.0867. The molecule has 0 amide bonds. The number of benzene rings is 1. The lowest BCUT2D eigenvalue weighted by atomic mass is 10.2. The van der Waals surface area contributed by atoms with Gasteiger partial charge in [-0.3, -0.25) is 0 Å². The van der Waals surface area contributed by atoms with E-state index in [1.807, 2.05) is 25.1 Å². The van der Waals surface area contributed by atoms with Gasteiger partial charge in [-0.2, -0.15) is 0 Å². The predicted molar refractivity (Wildman–Crippen MR) is 66.2 cm³/mol. The molecule has 1 rings (SSSR count). The zero-order valence-corrected chi connectivity index (χ0v) is 10.4. The highest BCUT2D eigenvalue weighted by Crippen LogP contribution is 2.13. The lowest BCUT2D eigenvalue weighted by Gasteiger charge is -2.13. The monoisotopic (exact) mass is 259 g/mol. The second-order valence-corrected chi connectivity index (χ2v) is 4.02. The fraction of sp³-hybridized carbons (Fsp3) is 0.538. The van der Waals surface area contributed by atoms with Gasteiger partial charge in [0, 0.05) is 6.54 Å². The molecule has 2 N–H and O–H groups in total. The Morgan fingerprint density at radius 2 is 2.11 bits per heavy atom. The smallest absolute Gasteiger partial charge is 0.250 e. The first-order valence-corrected chi connectivity index (χ1v) is 6.00. The zero-order valence-electron chi connectivity index (χ0n) is 10.4. The normalized spacial score (nSPS) is 12.7. The third-order valence-electron chi connectivity index (χ3n) is 2.43. The number of alkyl halides is 2. The summed E-state index contributed by atoms with van der Waals surface area (Å²) in [6.07, 6.45) is -2.29. The van der Waals surface area contributed by atoms with Gasteiger partial charge < -0.3 is 15.2 Å². The third kappa shape index (κ3) is 5.93. The van der Waals surface area contributed by atoms with Gasteiger partial charge in [-0.1, -0.05) is 19.1 Å². The van der Waals surface area contributed by atoms with E-state index < -0.39 is 19.1 Å². The molecule has 0 aromatic heterocycles. The van der Waals surface area contributed by atoms with Gasteiger partial charge in [0.05, 0.1) is 6.54 Å². The van der Waals surface area contributed by atoms with Crippen LogP contribution in [0.15, 0.2) is 24.3 Å². The molecule has 0 bridgehead atoms. The first-order chi connectivity index (χ1) is 8.61. The number of nitrogens with one attached hydrogen (secondary N) is 1. The lowest BCUT2D eigenvalue weighted by Crippen LogP contribution is -2.33. The van der Waals surface area contributed by atoms with Crippen LogP contribution in [0.4, 0.5) is 8.78 Å². The van der Waals surface area contributed by atoms with E-state index in [1.165, 1.54) is 0 Å². The Morgan fingerprint density at radius 3 is 2.78 bits per heavy atom. The molecule has 0 fully saturated rings. The average molecular weight is 259 g/mol. The number of aliphatic hydroxyl groups excluding tert-OH is 1. The summed E-state index contributed by atoms with van der Waals surface area (Å²) in [6.45, 7) is 1.81. The first kappa shape index (κ1) is 14.9. The van der Waals surface area contributed by atoms with E-state index >= 15 is 0 Å². The maximum Gasteiger partial charge on any atom is 0.250 e. The van der Waals surface area contributed by atoms with Crippen LogP contribution in [0.1, 0.15) is 12.5 Å². The zero-order chi connectivity index (χ0) is 13.4. The molecule has 0 aliphatic heterocycles. The van der Waals surface area contributed by atoms with Crippen molar-refractivity contribution < 1.29 is 18.6 Å². The minimum atomic E-state index is -2.40. The standard InChI is InChI=1S/C13H19F2NO2/c1-2-10-4-3-5-12(6-10)18-9-11(17)7-16-8-13(14)15/h3-6,11,13,16-17H,2,7-9H2,1H3. The van der Waals surface area contributed by atoms with Gasteiger partial charge in [-0.25, -0.2) is 8.78 Å². The van der Waals surface area contributed by atoms with Gasteiger partial charge in [0.15, 0.2) is 0 Å². The summed E-state index contributed by atoms with van der Waals surface area (Å²) >= 11 is 0. The molecule has 0 spiro atoms. The molecular weight excluding hydrogens is 240 g/mol. The largest absolute Gasteiger partial charge is 0.491 e. The van der Waals surface area contributed by atoms with E-state index in [-0.39, 0.29) is 13.2 Å². The van der Waals surface area contributed by atoms with E-state index in [1.54, 1.807) is 6.07 Å². The summed E-state index contributed by atoms with van der Waals surface area (Å²) in [5, 5.41) is 12.0. The number of hydrogen-bond donors (Lipinski definition) is 2. The summed E-state index contributed by atoms with van der Waals surface area (Å²) in [4.78, 5) is 0. The maximum atomic E-state index is 11.8. The Morgan fingerprint density at radius 1 is 1.33 bits per heavy atom. The van der Waals surface area contributed by atoms with Crippen LogP contribution < -0.4 is 10.1 Å². The van der Waals surface area contributed by atoms with Crippen molar-refractivity contribution in [2.45, 2.75) is 25.9 Å². The Balaban J connectivity index is 2.26. The van der Waals surface area contributed by atoms with Crippen molar-refractivity contribution >= 4 is 0 Å². The predicted octanol–water partition coefficient (Wildman–Crippen LogP) is 1.84. The number of halogens is 2. The van der Waals surface area contributed by atoms with Crippen molar-refractivity contribution in [3.8, 4) is 5.75 Å². The second kappa shape index (κ2) is 8.00. The second-order valence-electron chi connectivity index (χ2n) is 4.02. The van der Waals surface area contributed by atoms with Crippen molar-refractivity contribution in [1.82, 2.24) is 5.32 Å². The summed E-state index contributed by atoms with van der Waals surface area (Å²) in [5.74, 6) is 0.683. The SMILES string of the molecule is CCc1cccc(OCC(O)CNCC(F)F)c1. The highest BCUT2D eigenvalue weighted by Gasteiger charge is 2.07. The van der Waals surface area contributed by atoms with Crippen LogP contribution in [0.25, 0.3) is 0 Å². The molecule has 1 unspecified atom stereocenters. The van der Waals surface area contributed by atoms with E-state index in [9.17, 15) is 13.9 Å². The molecule has 102 valence electrons. The van der Waals surface area contributed by atoms with Gasteiger partial charge in [-0.15, -0.1) is 0 Å². The Kier molecular flexibility index (Phi) is 6.60. The quantitative estimate of drug-likeness (QED) is 0.748. The van der Waals surface area contributed by atoms with Crippen molar-refractivity contribution in [2.24, 2.45) is 0 Å².